The Morgan fingerprint density at radius 1 is 1.50 bits per heavy atom. The number of nitrogens with zero attached hydrogens (tertiary/aromatic N) is 3. The number of anilines is 1. The summed E-state index contributed by atoms with van der Waals surface area (Å²) >= 11 is 5.08. The molecule has 0 saturated carbocycles. The average molecular weight is 252 g/mol. The summed E-state index contributed by atoms with van der Waals surface area (Å²) in [5.41, 5.74) is 0.774. The summed E-state index contributed by atoms with van der Waals surface area (Å²) in [4.78, 5) is 7.77. The van der Waals surface area contributed by atoms with Crippen molar-refractivity contribution in [3.8, 4) is 16.6 Å². The predicted molar refractivity (Wildman–Crippen MR) is 62.6 cm³/mol. The first-order valence-corrected chi connectivity index (χ1v) is 5.43. The van der Waals surface area contributed by atoms with Gasteiger partial charge in [-0.25, -0.2) is 9.37 Å². The predicted octanol–water partition coefficient (Wildman–Crippen LogP) is 2.47. The minimum absolute atomic E-state index is 0.235. The molecule has 2 aromatic rings. The van der Waals surface area contributed by atoms with E-state index in [0.717, 1.165) is 6.20 Å². The number of nitrogens with one attached hydrogen (secondary N) is 1. The Bertz CT molecular complexity index is 561. The van der Waals surface area contributed by atoms with Gasteiger partial charge in [-0.2, -0.15) is 5.26 Å². The molecule has 1 N–H and O–H groups in total. The van der Waals surface area contributed by atoms with E-state index in [1.54, 1.807) is 0 Å². The molecule has 0 bridgehead atoms. The highest BCUT2D eigenvalue weighted by atomic mass is 32.1. The first kappa shape index (κ1) is 10.9. The molecule has 0 unspecified atom stereocenters. The summed E-state index contributed by atoms with van der Waals surface area (Å²) < 4.78 is 15.5. The second kappa shape index (κ2) is 4.47. The van der Waals surface area contributed by atoms with Crippen molar-refractivity contribution >= 4 is 29.2 Å². The van der Waals surface area contributed by atoms with Crippen molar-refractivity contribution in [2.75, 3.05) is 4.72 Å². The molecule has 0 aliphatic heterocycles. The normalized spacial score (nSPS) is 9.81. The third-order valence-corrected chi connectivity index (χ3v) is 3.18. The van der Waals surface area contributed by atoms with Gasteiger partial charge in [0.25, 0.3) is 0 Å². The molecule has 16 heavy (non-hydrogen) atoms. The summed E-state index contributed by atoms with van der Waals surface area (Å²) in [5.74, 6) is -0.438. The molecule has 2 rings (SSSR count). The second-order valence-electron chi connectivity index (χ2n) is 2.81. The van der Waals surface area contributed by atoms with E-state index in [2.05, 4.69) is 27.5 Å². The zero-order valence-corrected chi connectivity index (χ0v) is 9.52. The first-order valence-electron chi connectivity index (χ1n) is 4.16. The topological polar surface area (TPSA) is 61.6 Å². The molecular formula is C9H5FN4S2. The van der Waals surface area contributed by atoms with Gasteiger partial charge < -0.3 is 4.72 Å². The maximum absolute atomic E-state index is 12.9. The number of pyridine rings is 1. The summed E-state index contributed by atoms with van der Waals surface area (Å²) in [6.45, 7) is 0. The lowest BCUT2D eigenvalue weighted by Crippen LogP contribution is -1.83. The lowest BCUT2D eigenvalue weighted by Gasteiger charge is -1.93. The van der Waals surface area contributed by atoms with Gasteiger partial charge in [-0.3, -0.25) is 4.98 Å². The number of thiazole rings is 1. The third-order valence-electron chi connectivity index (χ3n) is 1.79. The smallest absolute Gasteiger partial charge is 0.176 e. The monoisotopic (exact) mass is 252 g/mol. The van der Waals surface area contributed by atoms with Crippen molar-refractivity contribution in [1.82, 2.24) is 9.97 Å². The molecule has 0 atom stereocenters. The molecule has 4 nitrogen and oxygen atoms in total. The lowest BCUT2D eigenvalue weighted by atomic mass is 10.3. The molecule has 0 fully saturated rings. The van der Waals surface area contributed by atoms with Gasteiger partial charge in [-0.05, 0) is 6.07 Å². The van der Waals surface area contributed by atoms with Crippen molar-refractivity contribution in [1.29, 1.82) is 5.26 Å². The SMILES string of the molecule is N#Cc1nc(-c2cncc(F)c2)sc1NS. The fourth-order valence-corrected chi connectivity index (χ4v) is 2.16. The van der Waals surface area contributed by atoms with Gasteiger partial charge in [-0.1, -0.05) is 24.2 Å². The van der Waals surface area contributed by atoms with Crippen molar-refractivity contribution in [2.24, 2.45) is 0 Å². The molecule has 7 heteroatoms. The highest BCUT2D eigenvalue weighted by Gasteiger charge is 2.11. The van der Waals surface area contributed by atoms with Crippen LogP contribution in [-0.2, 0) is 0 Å². The van der Waals surface area contributed by atoms with Crippen LogP contribution < -0.4 is 4.72 Å². The minimum atomic E-state index is -0.438. The number of halogens is 1. The summed E-state index contributed by atoms with van der Waals surface area (Å²) in [5, 5.41) is 9.86. The van der Waals surface area contributed by atoms with Gasteiger partial charge in [0, 0.05) is 11.8 Å². The summed E-state index contributed by atoms with van der Waals surface area (Å²) in [6.07, 6.45) is 2.60. The minimum Gasteiger partial charge on any atom is -0.322 e. The Morgan fingerprint density at radius 3 is 2.88 bits per heavy atom. The first-order chi connectivity index (χ1) is 7.74. The molecule has 0 spiro atoms. The van der Waals surface area contributed by atoms with E-state index in [-0.39, 0.29) is 5.69 Å². The van der Waals surface area contributed by atoms with Gasteiger partial charge >= 0.3 is 0 Å². The van der Waals surface area contributed by atoms with E-state index < -0.39 is 5.82 Å². The van der Waals surface area contributed by atoms with E-state index in [0.29, 0.717) is 15.6 Å². The number of hydrogen-bond donors (Lipinski definition) is 2. The van der Waals surface area contributed by atoms with Crippen LogP contribution in [0.4, 0.5) is 9.39 Å². The molecule has 0 aromatic carbocycles. The number of nitriles is 1. The van der Waals surface area contributed by atoms with Crippen LogP contribution in [0, 0.1) is 17.1 Å². The highest BCUT2D eigenvalue weighted by molar-refractivity contribution is 7.82. The quantitative estimate of drug-likeness (QED) is 0.806. The number of thiol groups is 1. The Balaban J connectivity index is 2.49. The molecule has 0 aliphatic carbocycles. The average Bonchev–Trinajstić information content (AvgIpc) is 2.72. The van der Waals surface area contributed by atoms with Crippen LogP contribution in [0.2, 0.25) is 0 Å². The number of aromatic nitrogens is 2. The maximum Gasteiger partial charge on any atom is 0.176 e. The van der Waals surface area contributed by atoms with Crippen molar-refractivity contribution in [3.63, 3.8) is 0 Å². The zero-order chi connectivity index (χ0) is 11.5. The van der Waals surface area contributed by atoms with Gasteiger partial charge in [0.2, 0.25) is 0 Å². The molecule has 0 amide bonds. The molecule has 2 heterocycles. The van der Waals surface area contributed by atoms with Crippen molar-refractivity contribution in [2.45, 2.75) is 0 Å². The van der Waals surface area contributed by atoms with Crippen LogP contribution in [0.1, 0.15) is 5.69 Å². The van der Waals surface area contributed by atoms with E-state index in [4.69, 9.17) is 5.26 Å². The Hall–Kier alpha value is -1.65. The zero-order valence-electron chi connectivity index (χ0n) is 7.81. The second-order valence-corrected chi connectivity index (χ2v) is 4.03. The molecule has 0 aliphatic rings. The molecule has 80 valence electrons. The van der Waals surface area contributed by atoms with Crippen LogP contribution in [0.5, 0.6) is 0 Å². The molecule has 2 aromatic heterocycles. The molecular weight excluding hydrogens is 247 g/mol. The fourth-order valence-electron chi connectivity index (χ4n) is 1.12. The Kier molecular flexibility index (Phi) is 3.03. The van der Waals surface area contributed by atoms with Gasteiger partial charge in [0.15, 0.2) is 5.69 Å². The summed E-state index contributed by atoms with van der Waals surface area (Å²) in [6, 6.07) is 3.24. The standard InChI is InChI=1S/C9H5FN4S2/c10-6-1-5(3-12-4-6)8-13-7(2-11)9(14-15)16-8/h1,3-4,14-15H. The van der Waals surface area contributed by atoms with Gasteiger partial charge in [0.05, 0.1) is 6.20 Å². The highest BCUT2D eigenvalue weighted by Crippen LogP contribution is 2.31. The summed E-state index contributed by atoms with van der Waals surface area (Å²) in [7, 11) is 0. The molecule has 0 radical (unpaired) electrons. The van der Waals surface area contributed by atoms with Crippen LogP contribution in [0.25, 0.3) is 10.6 Å². The van der Waals surface area contributed by atoms with Crippen LogP contribution in [-0.4, -0.2) is 9.97 Å². The maximum atomic E-state index is 12.9. The Morgan fingerprint density at radius 2 is 2.31 bits per heavy atom. The van der Waals surface area contributed by atoms with E-state index in [1.807, 2.05) is 6.07 Å². The van der Waals surface area contributed by atoms with E-state index in [9.17, 15) is 4.39 Å². The van der Waals surface area contributed by atoms with Gasteiger partial charge in [0.1, 0.15) is 21.9 Å². The van der Waals surface area contributed by atoms with E-state index >= 15 is 0 Å². The van der Waals surface area contributed by atoms with Gasteiger partial charge in [-0.15, -0.1) is 0 Å². The Labute approximate surface area is 100 Å². The fraction of sp³-hybridized carbons (Fsp3) is 0. The van der Waals surface area contributed by atoms with Crippen molar-refractivity contribution in [3.05, 3.63) is 30.0 Å². The van der Waals surface area contributed by atoms with Crippen molar-refractivity contribution < 1.29 is 4.39 Å². The van der Waals surface area contributed by atoms with Crippen LogP contribution in [0.3, 0.4) is 0 Å². The molecule has 0 saturated heterocycles. The number of hydrogen-bond acceptors (Lipinski definition) is 6. The van der Waals surface area contributed by atoms with Crippen LogP contribution >= 0.6 is 24.2 Å². The van der Waals surface area contributed by atoms with E-state index in [1.165, 1.54) is 23.6 Å². The largest absolute Gasteiger partial charge is 0.322 e. The number of rotatable bonds is 2. The van der Waals surface area contributed by atoms with Crippen LogP contribution in [0.15, 0.2) is 18.5 Å². The lowest BCUT2D eigenvalue weighted by molar-refractivity contribution is 0.622. The third kappa shape index (κ3) is 1.98.